The van der Waals surface area contributed by atoms with Gasteiger partial charge in [0, 0.05) is 11.3 Å². The maximum atomic E-state index is 10.5. The second-order valence-electron chi connectivity index (χ2n) is 3.01. The summed E-state index contributed by atoms with van der Waals surface area (Å²) < 4.78 is 0. The van der Waals surface area contributed by atoms with Crippen molar-refractivity contribution in [2.75, 3.05) is 5.73 Å². The van der Waals surface area contributed by atoms with Gasteiger partial charge in [-0.1, -0.05) is 13.8 Å². The lowest BCUT2D eigenvalue weighted by molar-refractivity contribution is -0.385. The molecule has 1 aromatic rings. The number of nitro groups is 1. The van der Waals surface area contributed by atoms with Crippen molar-refractivity contribution >= 4 is 23.3 Å². The zero-order valence-electron chi connectivity index (χ0n) is 7.93. The number of nitrogen functional groups attached to an aromatic ring is 1. The predicted octanol–water partition coefficient (Wildman–Crippen LogP) is 2.07. The summed E-state index contributed by atoms with van der Waals surface area (Å²) in [7, 11) is 0. The molecule has 0 unspecified atom stereocenters. The average molecular weight is 213 g/mol. The fraction of sp³-hybridized carbons (Fsp3) is 0.375. The Labute approximate surface area is 85.9 Å². The van der Waals surface area contributed by atoms with E-state index in [4.69, 9.17) is 5.73 Å². The lowest BCUT2D eigenvalue weighted by atomic mass is 10.4. The highest BCUT2D eigenvalue weighted by molar-refractivity contribution is 7.99. The Balaban J connectivity index is 3.01. The third-order valence-corrected chi connectivity index (χ3v) is 2.30. The number of anilines is 1. The second-order valence-corrected chi connectivity index (χ2v) is 4.61. The molecule has 0 aliphatic rings. The van der Waals surface area contributed by atoms with Crippen LogP contribution in [0.3, 0.4) is 0 Å². The van der Waals surface area contributed by atoms with E-state index < -0.39 is 4.92 Å². The smallest absolute Gasteiger partial charge is 0.275 e. The predicted molar refractivity (Wildman–Crippen MR) is 56.3 cm³/mol. The van der Waals surface area contributed by atoms with Gasteiger partial charge in [-0.25, -0.2) is 4.98 Å². The number of hydrogen-bond acceptors (Lipinski definition) is 5. The van der Waals surface area contributed by atoms with E-state index in [1.54, 1.807) is 0 Å². The van der Waals surface area contributed by atoms with Crippen molar-refractivity contribution in [3.05, 3.63) is 22.2 Å². The maximum Gasteiger partial charge on any atom is 0.275 e. The molecule has 1 heterocycles. The Morgan fingerprint density at radius 1 is 1.57 bits per heavy atom. The van der Waals surface area contributed by atoms with E-state index in [-0.39, 0.29) is 11.5 Å². The Morgan fingerprint density at radius 3 is 2.71 bits per heavy atom. The number of hydrogen-bond donors (Lipinski definition) is 1. The van der Waals surface area contributed by atoms with Gasteiger partial charge in [-0.15, -0.1) is 11.8 Å². The molecule has 0 aliphatic heterocycles. The van der Waals surface area contributed by atoms with Gasteiger partial charge in [0.25, 0.3) is 5.69 Å². The van der Waals surface area contributed by atoms with E-state index in [9.17, 15) is 10.1 Å². The summed E-state index contributed by atoms with van der Waals surface area (Å²) in [5, 5.41) is 11.4. The van der Waals surface area contributed by atoms with Gasteiger partial charge in [0.15, 0.2) is 0 Å². The number of nitrogens with two attached hydrogens (primary N) is 1. The molecule has 0 radical (unpaired) electrons. The van der Waals surface area contributed by atoms with E-state index in [0.29, 0.717) is 10.3 Å². The molecule has 5 nitrogen and oxygen atoms in total. The lowest BCUT2D eigenvalue weighted by Crippen LogP contribution is -1.97. The molecule has 2 N–H and O–H groups in total. The lowest BCUT2D eigenvalue weighted by Gasteiger charge is -2.04. The molecular formula is C8H11N3O2S. The van der Waals surface area contributed by atoms with Crippen LogP contribution < -0.4 is 5.73 Å². The molecule has 14 heavy (non-hydrogen) atoms. The number of thioether (sulfide) groups is 1. The fourth-order valence-electron chi connectivity index (χ4n) is 0.919. The molecule has 76 valence electrons. The van der Waals surface area contributed by atoms with E-state index in [2.05, 4.69) is 4.98 Å². The highest BCUT2D eigenvalue weighted by atomic mass is 32.2. The van der Waals surface area contributed by atoms with Gasteiger partial charge in [-0.3, -0.25) is 10.1 Å². The molecule has 0 aromatic carbocycles. The molecule has 0 bridgehead atoms. The molecule has 0 aliphatic carbocycles. The van der Waals surface area contributed by atoms with Gasteiger partial charge >= 0.3 is 0 Å². The van der Waals surface area contributed by atoms with Gasteiger partial charge in [0.1, 0.15) is 10.8 Å². The molecule has 0 saturated heterocycles. The van der Waals surface area contributed by atoms with Crippen molar-refractivity contribution in [1.82, 2.24) is 4.98 Å². The third kappa shape index (κ3) is 2.88. The third-order valence-electron chi connectivity index (χ3n) is 1.37. The second kappa shape index (κ2) is 4.28. The van der Waals surface area contributed by atoms with Gasteiger partial charge in [0.05, 0.1) is 11.0 Å². The van der Waals surface area contributed by atoms with Crippen LogP contribution in [0, 0.1) is 10.1 Å². The maximum absolute atomic E-state index is 10.5. The van der Waals surface area contributed by atoms with E-state index in [1.165, 1.54) is 23.9 Å². The van der Waals surface area contributed by atoms with Gasteiger partial charge in [-0.05, 0) is 0 Å². The zero-order valence-corrected chi connectivity index (χ0v) is 8.75. The topological polar surface area (TPSA) is 82.0 Å². The summed E-state index contributed by atoms with van der Waals surface area (Å²) in [6.45, 7) is 3.97. The molecule has 1 aromatic heterocycles. The van der Waals surface area contributed by atoms with Gasteiger partial charge in [0.2, 0.25) is 0 Å². The van der Waals surface area contributed by atoms with Crippen molar-refractivity contribution in [2.24, 2.45) is 0 Å². The minimum atomic E-state index is -0.470. The Hall–Kier alpha value is -1.30. The quantitative estimate of drug-likeness (QED) is 0.472. The van der Waals surface area contributed by atoms with Crippen LogP contribution in [-0.4, -0.2) is 15.2 Å². The molecule has 0 atom stereocenters. The number of aromatic nitrogens is 1. The fourth-order valence-corrected chi connectivity index (χ4v) is 1.75. The van der Waals surface area contributed by atoms with Gasteiger partial charge < -0.3 is 5.73 Å². The molecular weight excluding hydrogens is 202 g/mol. The SMILES string of the molecule is CC(C)Sc1cc([N+](=O)[O-])cc(N)n1. The van der Waals surface area contributed by atoms with Crippen molar-refractivity contribution in [1.29, 1.82) is 0 Å². The average Bonchev–Trinajstić information content (AvgIpc) is 2.01. The summed E-state index contributed by atoms with van der Waals surface area (Å²) in [4.78, 5) is 14.0. The van der Waals surface area contributed by atoms with Crippen LogP contribution in [0.15, 0.2) is 17.2 Å². The number of nitrogens with zero attached hydrogens (tertiary/aromatic N) is 2. The van der Waals surface area contributed by atoms with Crippen molar-refractivity contribution < 1.29 is 4.92 Å². The van der Waals surface area contributed by atoms with Crippen LogP contribution in [-0.2, 0) is 0 Å². The van der Waals surface area contributed by atoms with Crippen LogP contribution in [0.5, 0.6) is 0 Å². The highest BCUT2D eigenvalue weighted by Gasteiger charge is 2.10. The summed E-state index contributed by atoms with van der Waals surface area (Å²) in [6, 6.07) is 2.69. The Kier molecular flexibility index (Phi) is 3.29. The van der Waals surface area contributed by atoms with Crippen molar-refractivity contribution in [2.45, 2.75) is 24.1 Å². The summed E-state index contributed by atoms with van der Waals surface area (Å²) >= 11 is 1.45. The summed E-state index contributed by atoms with van der Waals surface area (Å²) in [5.41, 5.74) is 5.43. The first-order valence-corrected chi connectivity index (χ1v) is 4.95. The van der Waals surface area contributed by atoms with Crippen LogP contribution >= 0.6 is 11.8 Å². The first-order chi connectivity index (χ1) is 6.49. The first kappa shape index (κ1) is 10.8. The van der Waals surface area contributed by atoms with E-state index in [1.807, 2.05) is 13.8 Å². The normalized spacial score (nSPS) is 10.5. The van der Waals surface area contributed by atoms with Crippen LogP contribution in [0.4, 0.5) is 11.5 Å². The summed E-state index contributed by atoms with van der Waals surface area (Å²) in [6.07, 6.45) is 0. The number of pyridine rings is 1. The first-order valence-electron chi connectivity index (χ1n) is 4.07. The van der Waals surface area contributed by atoms with E-state index in [0.717, 1.165) is 0 Å². The van der Waals surface area contributed by atoms with E-state index >= 15 is 0 Å². The summed E-state index contributed by atoms with van der Waals surface area (Å²) in [5.74, 6) is 0.183. The zero-order chi connectivity index (χ0) is 10.7. The minimum absolute atomic E-state index is 0.0133. The molecule has 0 fully saturated rings. The van der Waals surface area contributed by atoms with Crippen LogP contribution in [0.25, 0.3) is 0 Å². The molecule has 0 spiro atoms. The number of rotatable bonds is 3. The van der Waals surface area contributed by atoms with Crippen LogP contribution in [0.1, 0.15) is 13.8 Å². The monoisotopic (exact) mass is 213 g/mol. The van der Waals surface area contributed by atoms with Crippen LogP contribution in [0.2, 0.25) is 0 Å². The molecule has 0 saturated carbocycles. The van der Waals surface area contributed by atoms with Crippen molar-refractivity contribution in [3.63, 3.8) is 0 Å². The Bertz CT molecular complexity index is 354. The highest BCUT2D eigenvalue weighted by Crippen LogP contribution is 2.25. The standard InChI is InChI=1S/C8H11N3O2S/c1-5(2)14-8-4-6(11(12)13)3-7(9)10-8/h3-5H,1-2H3,(H2,9,10). The largest absolute Gasteiger partial charge is 0.383 e. The molecule has 0 amide bonds. The molecule has 1 rings (SSSR count). The Morgan fingerprint density at radius 2 is 2.21 bits per heavy atom. The van der Waals surface area contributed by atoms with Crippen molar-refractivity contribution in [3.8, 4) is 0 Å². The van der Waals surface area contributed by atoms with Gasteiger partial charge in [-0.2, -0.15) is 0 Å². The minimum Gasteiger partial charge on any atom is -0.383 e. The molecule has 6 heteroatoms.